The van der Waals surface area contributed by atoms with Gasteiger partial charge < -0.3 is 14.2 Å². The van der Waals surface area contributed by atoms with Crippen LogP contribution in [0.1, 0.15) is 20.7 Å². The van der Waals surface area contributed by atoms with E-state index in [9.17, 15) is 4.79 Å². The van der Waals surface area contributed by atoms with Crippen molar-refractivity contribution in [3.63, 3.8) is 0 Å². The van der Waals surface area contributed by atoms with Crippen LogP contribution in [0.25, 0.3) is 0 Å². The lowest BCUT2D eigenvalue weighted by Gasteiger charge is -2.15. The van der Waals surface area contributed by atoms with Crippen LogP contribution < -0.4 is 14.2 Å². The Morgan fingerprint density at radius 3 is 2.17 bits per heavy atom. The van der Waals surface area contributed by atoms with Crippen LogP contribution in [0.4, 0.5) is 0 Å². The van der Waals surface area contributed by atoms with Gasteiger partial charge >= 0.3 is 0 Å². The van der Waals surface area contributed by atoms with Gasteiger partial charge in [0.1, 0.15) is 4.83 Å². The predicted octanol–water partition coefficient (Wildman–Crippen LogP) is 4.00. The van der Waals surface area contributed by atoms with Crippen molar-refractivity contribution in [1.29, 1.82) is 0 Å². The fraction of sp³-hybridized carbons (Fsp3) is 0.250. The van der Waals surface area contributed by atoms with Crippen LogP contribution in [-0.4, -0.2) is 32.1 Å². The fourth-order valence-corrected chi connectivity index (χ4v) is 2.58. The molecule has 0 bridgehead atoms. The maximum atomic E-state index is 12.7. The van der Waals surface area contributed by atoms with Gasteiger partial charge in [-0.05, 0) is 23.8 Å². The minimum atomic E-state index is -0.496. The highest BCUT2D eigenvalue weighted by atomic mass is 79.9. The molecular formula is C16H17Br2NO4. The molecule has 2 rings (SSSR count). The van der Waals surface area contributed by atoms with Gasteiger partial charge in [0.15, 0.2) is 17.3 Å². The number of ketones is 1. The summed E-state index contributed by atoms with van der Waals surface area (Å²) in [5, 5.41) is 0. The fourth-order valence-electron chi connectivity index (χ4n) is 2.05. The molecule has 0 saturated carbocycles. The first-order chi connectivity index (χ1) is 10.6. The zero-order chi connectivity index (χ0) is 16.1. The Morgan fingerprint density at radius 2 is 1.74 bits per heavy atom. The number of Topliss-reactive ketones (excluding diaryl/α,β-unsaturated/α-hetero) is 1. The summed E-state index contributed by atoms with van der Waals surface area (Å²) in [6.45, 7) is 0. The standard InChI is InChI=1S/C16H16BrNO4.BrH/c1-20-12-7-11(8-13(21-2)16(12)22-3)15(19)14(17)10-5-4-6-18-9-10;/h4-9,14H,1-3H3;1H. The first-order valence-electron chi connectivity index (χ1n) is 6.50. The van der Waals surface area contributed by atoms with Crippen molar-refractivity contribution >= 4 is 38.7 Å². The summed E-state index contributed by atoms with van der Waals surface area (Å²) in [5.41, 5.74) is 1.24. The largest absolute Gasteiger partial charge is 0.493 e. The summed E-state index contributed by atoms with van der Waals surface area (Å²) in [6.07, 6.45) is 3.31. The van der Waals surface area contributed by atoms with Crippen LogP contribution in [0.15, 0.2) is 36.7 Å². The molecule has 0 fully saturated rings. The Balaban J connectivity index is 0.00000264. The molecule has 0 N–H and O–H groups in total. The number of alkyl halides is 1. The molecular weight excluding hydrogens is 430 g/mol. The number of halogens is 2. The van der Waals surface area contributed by atoms with Gasteiger partial charge in [0.2, 0.25) is 5.75 Å². The van der Waals surface area contributed by atoms with E-state index in [4.69, 9.17) is 14.2 Å². The molecule has 0 saturated heterocycles. The average molecular weight is 447 g/mol. The van der Waals surface area contributed by atoms with E-state index in [2.05, 4.69) is 20.9 Å². The number of hydrogen-bond acceptors (Lipinski definition) is 5. The summed E-state index contributed by atoms with van der Waals surface area (Å²) < 4.78 is 15.8. The quantitative estimate of drug-likeness (QED) is 0.495. The number of carbonyl (C=O) groups excluding carboxylic acids is 1. The van der Waals surface area contributed by atoms with E-state index in [1.165, 1.54) is 21.3 Å². The lowest BCUT2D eigenvalue weighted by atomic mass is 10.0. The minimum absolute atomic E-state index is 0. The molecule has 1 aromatic heterocycles. The molecule has 124 valence electrons. The normalized spacial score (nSPS) is 11.1. The van der Waals surface area contributed by atoms with E-state index in [-0.39, 0.29) is 22.8 Å². The van der Waals surface area contributed by atoms with Crippen molar-refractivity contribution in [1.82, 2.24) is 4.98 Å². The zero-order valence-corrected chi connectivity index (χ0v) is 16.2. The van der Waals surface area contributed by atoms with E-state index < -0.39 is 4.83 Å². The highest BCUT2D eigenvalue weighted by Crippen LogP contribution is 2.39. The van der Waals surface area contributed by atoms with Crippen molar-refractivity contribution < 1.29 is 19.0 Å². The Kier molecular flexibility index (Phi) is 7.51. The lowest BCUT2D eigenvalue weighted by Crippen LogP contribution is -2.08. The molecule has 1 heterocycles. The highest BCUT2D eigenvalue weighted by Gasteiger charge is 2.23. The first kappa shape index (κ1) is 19.4. The van der Waals surface area contributed by atoms with Gasteiger partial charge in [0, 0.05) is 18.0 Å². The molecule has 0 spiro atoms. The summed E-state index contributed by atoms with van der Waals surface area (Å²) in [4.78, 5) is 16.2. The molecule has 5 nitrogen and oxygen atoms in total. The Hall–Kier alpha value is -1.60. The Morgan fingerprint density at radius 1 is 1.13 bits per heavy atom. The molecule has 7 heteroatoms. The van der Waals surface area contributed by atoms with Crippen molar-refractivity contribution in [2.24, 2.45) is 0 Å². The molecule has 0 aliphatic rings. The molecule has 1 atom stereocenters. The number of nitrogens with zero attached hydrogens (tertiary/aromatic N) is 1. The van der Waals surface area contributed by atoms with Crippen LogP contribution >= 0.6 is 32.9 Å². The molecule has 1 unspecified atom stereocenters. The highest BCUT2D eigenvalue weighted by molar-refractivity contribution is 9.09. The van der Waals surface area contributed by atoms with Crippen molar-refractivity contribution in [3.8, 4) is 17.2 Å². The van der Waals surface area contributed by atoms with Gasteiger partial charge in [-0.1, -0.05) is 22.0 Å². The average Bonchev–Trinajstić information content (AvgIpc) is 2.59. The van der Waals surface area contributed by atoms with E-state index in [0.717, 1.165) is 5.56 Å². The van der Waals surface area contributed by atoms with Gasteiger partial charge in [0.05, 0.1) is 21.3 Å². The Labute approximate surface area is 153 Å². The van der Waals surface area contributed by atoms with Crippen LogP contribution in [0.5, 0.6) is 17.2 Å². The molecule has 23 heavy (non-hydrogen) atoms. The number of aromatic nitrogens is 1. The van der Waals surface area contributed by atoms with Crippen molar-refractivity contribution in [3.05, 3.63) is 47.8 Å². The second kappa shape index (κ2) is 8.88. The van der Waals surface area contributed by atoms with E-state index in [1.807, 2.05) is 6.07 Å². The summed E-state index contributed by atoms with van der Waals surface area (Å²) in [5.74, 6) is 1.22. The zero-order valence-electron chi connectivity index (χ0n) is 12.9. The predicted molar refractivity (Wildman–Crippen MR) is 96.7 cm³/mol. The molecule has 0 amide bonds. The minimum Gasteiger partial charge on any atom is -0.493 e. The molecule has 0 radical (unpaired) electrons. The number of hydrogen-bond donors (Lipinski definition) is 0. The van der Waals surface area contributed by atoms with Gasteiger partial charge in [0.25, 0.3) is 0 Å². The van der Waals surface area contributed by atoms with Gasteiger partial charge in [-0.2, -0.15) is 0 Å². The first-order valence-corrected chi connectivity index (χ1v) is 7.42. The smallest absolute Gasteiger partial charge is 0.203 e. The lowest BCUT2D eigenvalue weighted by molar-refractivity contribution is 0.0990. The monoisotopic (exact) mass is 445 g/mol. The number of rotatable bonds is 6. The third-order valence-corrected chi connectivity index (χ3v) is 4.10. The Bertz CT molecular complexity index is 639. The third-order valence-electron chi connectivity index (χ3n) is 3.16. The number of methoxy groups -OCH3 is 3. The number of carbonyl (C=O) groups is 1. The molecule has 0 aliphatic carbocycles. The third kappa shape index (κ3) is 4.23. The summed E-state index contributed by atoms with van der Waals surface area (Å²) in [7, 11) is 4.54. The van der Waals surface area contributed by atoms with Crippen LogP contribution in [0.3, 0.4) is 0 Å². The van der Waals surface area contributed by atoms with Gasteiger partial charge in [-0.25, -0.2) is 0 Å². The van der Waals surface area contributed by atoms with E-state index in [0.29, 0.717) is 22.8 Å². The van der Waals surface area contributed by atoms with Gasteiger partial charge in [-0.3, -0.25) is 9.78 Å². The number of ether oxygens (including phenoxy) is 3. The van der Waals surface area contributed by atoms with Crippen LogP contribution in [0, 0.1) is 0 Å². The SMILES string of the molecule is Br.COc1cc(C(=O)C(Br)c2cccnc2)cc(OC)c1OC. The van der Waals surface area contributed by atoms with E-state index in [1.54, 1.807) is 30.6 Å². The second-order valence-corrected chi connectivity index (χ2v) is 5.34. The number of pyridine rings is 1. The summed E-state index contributed by atoms with van der Waals surface area (Å²) in [6, 6.07) is 6.89. The van der Waals surface area contributed by atoms with Crippen molar-refractivity contribution in [2.45, 2.75) is 4.83 Å². The maximum Gasteiger partial charge on any atom is 0.203 e. The molecule has 0 aliphatic heterocycles. The maximum absolute atomic E-state index is 12.7. The van der Waals surface area contributed by atoms with Crippen LogP contribution in [-0.2, 0) is 0 Å². The molecule has 2 aromatic rings. The number of benzene rings is 1. The summed E-state index contributed by atoms with van der Waals surface area (Å²) >= 11 is 3.41. The van der Waals surface area contributed by atoms with Crippen LogP contribution in [0.2, 0.25) is 0 Å². The van der Waals surface area contributed by atoms with Crippen molar-refractivity contribution in [2.75, 3.05) is 21.3 Å². The topological polar surface area (TPSA) is 57.7 Å². The van der Waals surface area contributed by atoms with E-state index >= 15 is 0 Å². The second-order valence-electron chi connectivity index (χ2n) is 4.43. The van der Waals surface area contributed by atoms with Gasteiger partial charge in [-0.15, -0.1) is 17.0 Å². The molecule has 1 aromatic carbocycles.